The molecule has 1 rings (SSSR count). The van der Waals surface area contributed by atoms with Gasteiger partial charge < -0.3 is 15.7 Å². The third kappa shape index (κ3) is 2.95. The maximum absolute atomic E-state index is 11.8. The minimum atomic E-state index is -0.978. The van der Waals surface area contributed by atoms with E-state index >= 15 is 0 Å². The standard InChI is InChI=1S/C11H20N2O3/c1-6(2)8(11(15)16)13-10(14)9-7(3)4-5-12-9/h6-9,12H,4-5H2,1-3H3,(H,13,14)(H,15,16). The fraction of sp³-hybridized carbons (Fsp3) is 0.818. The first-order valence-electron chi connectivity index (χ1n) is 5.70. The van der Waals surface area contributed by atoms with Gasteiger partial charge in [0.1, 0.15) is 6.04 Å². The molecule has 92 valence electrons. The first-order chi connectivity index (χ1) is 7.43. The van der Waals surface area contributed by atoms with Crippen molar-refractivity contribution in [1.82, 2.24) is 10.6 Å². The van der Waals surface area contributed by atoms with E-state index in [0.29, 0.717) is 0 Å². The summed E-state index contributed by atoms with van der Waals surface area (Å²) in [5.41, 5.74) is 0. The topological polar surface area (TPSA) is 78.4 Å². The quantitative estimate of drug-likeness (QED) is 0.642. The molecular weight excluding hydrogens is 208 g/mol. The smallest absolute Gasteiger partial charge is 0.326 e. The van der Waals surface area contributed by atoms with Gasteiger partial charge in [0.2, 0.25) is 5.91 Å². The van der Waals surface area contributed by atoms with Gasteiger partial charge in [-0.15, -0.1) is 0 Å². The van der Waals surface area contributed by atoms with Crippen LogP contribution in [0.2, 0.25) is 0 Å². The molecule has 1 amide bonds. The third-order valence-electron chi connectivity index (χ3n) is 3.05. The van der Waals surface area contributed by atoms with Crippen LogP contribution in [0.25, 0.3) is 0 Å². The van der Waals surface area contributed by atoms with Crippen LogP contribution in [0.3, 0.4) is 0 Å². The van der Waals surface area contributed by atoms with Gasteiger partial charge in [-0.1, -0.05) is 20.8 Å². The van der Waals surface area contributed by atoms with E-state index in [2.05, 4.69) is 10.6 Å². The average molecular weight is 228 g/mol. The Kier molecular flexibility index (Phi) is 4.29. The molecular formula is C11H20N2O3. The van der Waals surface area contributed by atoms with Crippen LogP contribution in [0.5, 0.6) is 0 Å². The summed E-state index contributed by atoms with van der Waals surface area (Å²) in [6.45, 7) is 6.38. The molecule has 5 nitrogen and oxygen atoms in total. The molecule has 1 aliphatic heterocycles. The van der Waals surface area contributed by atoms with Crippen molar-refractivity contribution in [2.24, 2.45) is 11.8 Å². The molecule has 5 heteroatoms. The Morgan fingerprint density at radius 3 is 2.44 bits per heavy atom. The lowest BCUT2D eigenvalue weighted by molar-refractivity contribution is -0.143. The number of rotatable bonds is 4. The minimum Gasteiger partial charge on any atom is -0.480 e. The van der Waals surface area contributed by atoms with Crippen molar-refractivity contribution >= 4 is 11.9 Å². The van der Waals surface area contributed by atoms with E-state index in [4.69, 9.17) is 5.11 Å². The second kappa shape index (κ2) is 5.30. The molecule has 0 aromatic heterocycles. The fourth-order valence-corrected chi connectivity index (χ4v) is 1.94. The minimum absolute atomic E-state index is 0.113. The van der Waals surface area contributed by atoms with Crippen LogP contribution in [-0.4, -0.2) is 35.6 Å². The molecule has 0 aromatic carbocycles. The van der Waals surface area contributed by atoms with Gasteiger partial charge in [0, 0.05) is 0 Å². The van der Waals surface area contributed by atoms with Gasteiger partial charge in [-0.25, -0.2) is 4.79 Å². The Hall–Kier alpha value is -1.10. The van der Waals surface area contributed by atoms with Crippen LogP contribution in [0.1, 0.15) is 27.2 Å². The van der Waals surface area contributed by atoms with E-state index in [1.54, 1.807) is 13.8 Å². The second-order valence-electron chi connectivity index (χ2n) is 4.77. The molecule has 0 saturated carbocycles. The van der Waals surface area contributed by atoms with Crippen molar-refractivity contribution in [2.75, 3.05) is 6.54 Å². The van der Waals surface area contributed by atoms with E-state index in [0.717, 1.165) is 13.0 Å². The first-order valence-corrected chi connectivity index (χ1v) is 5.70. The zero-order chi connectivity index (χ0) is 12.3. The van der Waals surface area contributed by atoms with Crippen molar-refractivity contribution < 1.29 is 14.7 Å². The molecule has 0 radical (unpaired) electrons. The Morgan fingerprint density at radius 2 is 2.06 bits per heavy atom. The number of nitrogens with one attached hydrogen (secondary N) is 2. The number of carbonyl (C=O) groups is 2. The number of carbonyl (C=O) groups excluding carboxylic acids is 1. The molecule has 0 bridgehead atoms. The Labute approximate surface area is 95.6 Å². The average Bonchev–Trinajstić information content (AvgIpc) is 2.59. The van der Waals surface area contributed by atoms with Gasteiger partial charge in [0.25, 0.3) is 0 Å². The highest BCUT2D eigenvalue weighted by atomic mass is 16.4. The van der Waals surface area contributed by atoms with E-state index in [1.807, 2.05) is 6.92 Å². The molecule has 3 N–H and O–H groups in total. The first kappa shape index (κ1) is 13.0. The molecule has 1 heterocycles. The third-order valence-corrected chi connectivity index (χ3v) is 3.05. The zero-order valence-corrected chi connectivity index (χ0v) is 9.99. The summed E-state index contributed by atoms with van der Waals surface area (Å²) in [5, 5.41) is 14.6. The van der Waals surface area contributed by atoms with Gasteiger partial charge in [0.15, 0.2) is 0 Å². The molecule has 16 heavy (non-hydrogen) atoms. The Morgan fingerprint density at radius 1 is 1.44 bits per heavy atom. The summed E-state index contributed by atoms with van der Waals surface area (Å²) < 4.78 is 0. The summed E-state index contributed by atoms with van der Waals surface area (Å²) in [4.78, 5) is 22.8. The number of carboxylic acids is 1. The number of hydrogen-bond donors (Lipinski definition) is 3. The van der Waals surface area contributed by atoms with Gasteiger partial charge in [-0.05, 0) is 24.8 Å². The van der Waals surface area contributed by atoms with Crippen LogP contribution >= 0.6 is 0 Å². The molecule has 3 atom stereocenters. The molecule has 0 aliphatic carbocycles. The lowest BCUT2D eigenvalue weighted by atomic mass is 10.0. The lowest BCUT2D eigenvalue weighted by Crippen LogP contribution is -2.51. The van der Waals surface area contributed by atoms with Gasteiger partial charge >= 0.3 is 5.97 Å². The van der Waals surface area contributed by atoms with Crippen LogP contribution in [-0.2, 0) is 9.59 Å². The number of aliphatic carboxylic acids is 1. The van der Waals surface area contributed by atoms with Crippen LogP contribution in [0, 0.1) is 11.8 Å². The largest absolute Gasteiger partial charge is 0.480 e. The van der Waals surface area contributed by atoms with Gasteiger partial charge in [-0.2, -0.15) is 0 Å². The second-order valence-corrected chi connectivity index (χ2v) is 4.77. The van der Waals surface area contributed by atoms with Crippen LogP contribution in [0.15, 0.2) is 0 Å². The van der Waals surface area contributed by atoms with Crippen LogP contribution in [0.4, 0.5) is 0 Å². The molecule has 3 unspecified atom stereocenters. The summed E-state index contributed by atoms with van der Waals surface area (Å²) in [7, 11) is 0. The molecule has 0 spiro atoms. The van der Waals surface area contributed by atoms with Gasteiger partial charge in [0.05, 0.1) is 6.04 Å². The SMILES string of the molecule is CC(C)C(NC(=O)C1NCCC1C)C(=O)O. The van der Waals surface area contributed by atoms with E-state index in [1.165, 1.54) is 0 Å². The predicted octanol–water partition coefficient (Wildman–Crippen LogP) is 0.210. The highest BCUT2D eigenvalue weighted by Gasteiger charge is 2.32. The lowest BCUT2D eigenvalue weighted by Gasteiger charge is -2.22. The number of amides is 1. The summed E-state index contributed by atoms with van der Waals surface area (Å²) >= 11 is 0. The fourth-order valence-electron chi connectivity index (χ4n) is 1.94. The number of carboxylic acid groups (broad SMARTS) is 1. The molecule has 1 aliphatic rings. The van der Waals surface area contributed by atoms with Crippen molar-refractivity contribution in [3.63, 3.8) is 0 Å². The van der Waals surface area contributed by atoms with Crippen LogP contribution < -0.4 is 10.6 Å². The molecule has 0 aromatic rings. The molecule has 1 fully saturated rings. The van der Waals surface area contributed by atoms with Crippen molar-refractivity contribution in [3.8, 4) is 0 Å². The summed E-state index contributed by atoms with van der Waals surface area (Å²) in [5.74, 6) is -1.03. The predicted molar refractivity (Wildman–Crippen MR) is 60.0 cm³/mol. The monoisotopic (exact) mass is 228 g/mol. The van der Waals surface area contributed by atoms with E-state index < -0.39 is 12.0 Å². The maximum Gasteiger partial charge on any atom is 0.326 e. The van der Waals surface area contributed by atoms with Crippen molar-refractivity contribution in [1.29, 1.82) is 0 Å². The molecule has 1 saturated heterocycles. The highest BCUT2D eigenvalue weighted by molar-refractivity contribution is 5.87. The Balaban J connectivity index is 2.58. The highest BCUT2D eigenvalue weighted by Crippen LogP contribution is 2.15. The maximum atomic E-state index is 11.8. The van der Waals surface area contributed by atoms with E-state index in [-0.39, 0.29) is 23.8 Å². The normalized spacial score (nSPS) is 26.8. The van der Waals surface area contributed by atoms with Crippen molar-refractivity contribution in [2.45, 2.75) is 39.3 Å². The van der Waals surface area contributed by atoms with Gasteiger partial charge in [-0.3, -0.25) is 4.79 Å². The van der Waals surface area contributed by atoms with E-state index in [9.17, 15) is 9.59 Å². The summed E-state index contributed by atoms with van der Waals surface area (Å²) in [6, 6.07) is -1.05. The zero-order valence-electron chi connectivity index (χ0n) is 9.99. The Bertz CT molecular complexity index is 278. The van der Waals surface area contributed by atoms with Crippen molar-refractivity contribution in [3.05, 3.63) is 0 Å². The summed E-state index contributed by atoms with van der Waals surface area (Å²) in [6.07, 6.45) is 0.956. The number of hydrogen-bond acceptors (Lipinski definition) is 3.